The molecule has 0 fully saturated rings. The normalized spacial score (nSPS) is 13.2. The van der Waals surface area contributed by atoms with Crippen molar-refractivity contribution in [3.8, 4) is 50.8 Å². The molecule has 0 atom stereocenters. The lowest BCUT2D eigenvalue weighted by atomic mass is 9.81. The lowest BCUT2D eigenvalue weighted by Crippen LogP contribution is -2.17. The van der Waals surface area contributed by atoms with Crippen LogP contribution in [0.4, 0.5) is 0 Å². The summed E-state index contributed by atoms with van der Waals surface area (Å²) in [6, 6.07) is 49.2. The second-order valence-corrected chi connectivity index (χ2v) is 12.5. The first-order chi connectivity index (χ1) is 22.6. The average Bonchev–Trinajstić information content (AvgIpc) is 3.57. The van der Waals surface area contributed by atoms with E-state index in [9.17, 15) is 0 Å². The van der Waals surface area contributed by atoms with E-state index in [4.69, 9.17) is 9.97 Å². The predicted octanol–water partition coefficient (Wildman–Crippen LogP) is 10.3. The SMILES string of the molecule is CC1(C)c2ccccc2-c2nc(-c3ccc(-c4ccccn4)cc3)nc(-c3cccc(-n4c5ccccc5c5ccccc54)c3)c21. The first kappa shape index (κ1) is 26.5. The minimum atomic E-state index is -0.258. The molecule has 1 aliphatic rings. The number of rotatable bonds is 4. The molecule has 218 valence electrons. The van der Waals surface area contributed by atoms with Crippen LogP contribution in [0.3, 0.4) is 0 Å². The van der Waals surface area contributed by atoms with E-state index < -0.39 is 0 Å². The maximum atomic E-state index is 5.38. The molecular weight excluding hydrogens is 560 g/mol. The molecule has 0 bridgehead atoms. The first-order valence-corrected chi connectivity index (χ1v) is 15.7. The van der Waals surface area contributed by atoms with Gasteiger partial charge in [0, 0.05) is 55.9 Å². The molecule has 5 aromatic carbocycles. The minimum absolute atomic E-state index is 0.258. The number of fused-ring (bicyclic) bond motifs is 6. The summed E-state index contributed by atoms with van der Waals surface area (Å²) < 4.78 is 2.37. The number of hydrogen-bond acceptors (Lipinski definition) is 3. The summed E-state index contributed by atoms with van der Waals surface area (Å²) in [5.74, 6) is 0.719. The molecule has 8 aromatic rings. The monoisotopic (exact) mass is 590 g/mol. The quantitative estimate of drug-likeness (QED) is 0.205. The fourth-order valence-corrected chi connectivity index (χ4v) is 7.27. The van der Waals surface area contributed by atoms with Gasteiger partial charge in [-0.2, -0.15) is 0 Å². The molecule has 4 heteroatoms. The maximum absolute atomic E-state index is 5.38. The highest BCUT2D eigenvalue weighted by atomic mass is 15.0. The summed E-state index contributed by atoms with van der Waals surface area (Å²) in [4.78, 5) is 15.2. The summed E-state index contributed by atoms with van der Waals surface area (Å²) >= 11 is 0. The van der Waals surface area contributed by atoms with Crippen molar-refractivity contribution < 1.29 is 0 Å². The third kappa shape index (κ3) is 3.97. The molecule has 1 aliphatic carbocycles. The highest BCUT2D eigenvalue weighted by Crippen LogP contribution is 2.51. The Balaban J connectivity index is 1.26. The van der Waals surface area contributed by atoms with Crippen LogP contribution in [0.1, 0.15) is 25.0 Å². The number of nitrogens with zero attached hydrogens (tertiary/aromatic N) is 4. The van der Waals surface area contributed by atoms with Gasteiger partial charge in [0.05, 0.1) is 28.1 Å². The van der Waals surface area contributed by atoms with Crippen LogP contribution in [0, 0.1) is 0 Å². The van der Waals surface area contributed by atoms with E-state index >= 15 is 0 Å². The van der Waals surface area contributed by atoms with Gasteiger partial charge in [-0.1, -0.05) is 117 Å². The van der Waals surface area contributed by atoms with E-state index in [-0.39, 0.29) is 5.41 Å². The van der Waals surface area contributed by atoms with Crippen LogP contribution < -0.4 is 0 Å². The van der Waals surface area contributed by atoms with Gasteiger partial charge in [-0.15, -0.1) is 0 Å². The molecular formula is C42H30N4. The van der Waals surface area contributed by atoms with Gasteiger partial charge in [0.25, 0.3) is 0 Å². The summed E-state index contributed by atoms with van der Waals surface area (Å²) in [6.45, 7) is 4.59. The van der Waals surface area contributed by atoms with Crippen molar-refractivity contribution in [2.45, 2.75) is 19.3 Å². The average molecular weight is 591 g/mol. The Morgan fingerprint density at radius 3 is 1.93 bits per heavy atom. The van der Waals surface area contributed by atoms with Crippen molar-refractivity contribution in [3.05, 3.63) is 157 Å². The zero-order chi connectivity index (χ0) is 30.8. The summed E-state index contributed by atoms with van der Waals surface area (Å²) in [6.07, 6.45) is 1.83. The Bertz CT molecular complexity index is 2380. The molecule has 0 saturated carbocycles. The summed E-state index contributed by atoms with van der Waals surface area (Å²) in [5, 5.41) is 2.50. The standard InChI is InChI=1S/C42H30N4/c1-42(2)34-17-6-3-16-33(34)40-38(42)39(44-41(45-40)28-23-21-27(22-24-28)35-18-9-10-25-43-35)29-12-11-13-30(26-29)46-36-19-7-4-14-31(36)32-15-5-8-20-37(32)46/h3-26H,1-2H3. The fourth-order valence-electron chi connectivity index (χ4n) is 7.27. The van der Waals surface area contributed by atoms with E-state index in [0.29, 0.717) is 0 Å². The summed E-state index contributed by atoms with van der Waals surface area (Å²) in [7, 11) is 0. The molecule has 0 aliphatic heterocycles. The van der Waals surface area contributed by atoms with E-state index in [2.05, 4.69) is 145 Å². The molecule has 3 heterocycles. The highest BCUT2D eigenvalue weighted by Gasteiger charge is 2.40. The van der Waals surface area contributed by atoms with E-state index in [0.717, 1.165) is 45.3 Å². The molecule has 0 N–H and O–H groups in total. The van der Waals surface area contributed by atoms with Crippen LogP contribution >= 0.6 is 0 Å². The van der Waals surface area contributed by atoms with Crippen LogP contribution in [0.15, 0.2) is 146 Å². The van der Waals surface area contributed by atoms with E-state index in [1.165, 1.54) is 38.5 Å². The van der Waals surface area contributed by atoms with Gasteiger partial charge in [0.2, 0.25) is 0 Å². The minimum Gasteiger partial charge on any atom is -0.309 e. The zero-order valence-corrected chi connectivity index (χ0v) is 25.6. The van der Waals surface area contributed by atoms with Gasteiger partial charge in [-0.3, -0.25) is 4.98 Å². The third-order valence-corrected chi connectivity index (χ3v) is 9.45. The molecule has 0 amide bonds. The van der Waals surface area contributed by atoms with Crippen LogP contribution in [0.5, 0.6) is 0 Å². The second-order valence-electron chi connectivity index (χ2n) is 12.5. The Hall–Kier alpha value is -5.87. The largest absolute Gasteiger partial charge is 0.309 e. The van der Waals surface area contributed by atoms with Crippen molar-refractivity contribution in [3.63, 3.8) is 0 Å². The lowest BCUT2D eigenvalue weighted by molar-refractivity contribution is 0.658. The third-order valence-electron chi connectivity index (χ3n) is 9.45. The number of benzene rings is 5. The van der Waals surface area contributed by atoms with Crippen molar-refractivity contribution in [1.82, 2.24) is 19.5 Å². The molecule has 4 nitrogen and oxygen atoms in total. The van der Waals surface area contributed by atoms with Crippen LogP contribution in [0.2, 0.25) is 0 Å². The fraction of sp³-hybridized carbons (Fsp3) is 0.0714. The van der Waals surface area contributed by atoms with Gasteiger partial charge < -0.3 is 4.57 Å². The van der Waals surface area contributed by atoms with E-state index in [1.807, 2.05) is 24.4 Å². The first-order valence-electron chi connectivity index (χ1n) is 15.7. The van der Waals surface area contributed by atoms with Gasteiger partial charge in [0.15, 0.2) is 5.82 Å². The van der Waals surface area contributed by atoms with Crippen LogP contribution in [-0.2, 0) is 5.41 Å². The Morgan fingerprint density at radius 2 is 1.20 bits per heavy atom. The number of para-hydroxylation sites is 2. The smallest absolute Gasteiger partial charge is 0.160 e. The molecule has 0 spiro atoms. The Labute approximate surface area is 267 Å². The number of pyridine rings is 1. The number of aromatic nitrogens is 4. The highest BCUT2D eigenvalue weighted by molar-refractivity contribution is 6.09. The molecule has 46 heavy (non-hydrogen) atoms. The van der Waals surface area contributed by atoms with Crippen molar-refractivity contribution in [2.24, 2.45) is 0 Å². The van der Waals surface area contributed by atoms with Gasteiger partial charge in [-0.05, 0) is 42.0 Å². The Kier molecular flexibility index (Phi) is 5.81. The number of hydrogen-bond donors (Lipinski definition) is 0. The van der Waals surface area contributed by atoms with Gasteiger partial charge >= 0.3 is 0 Å². The Morgan fingerprint density at radius 1 is 0.543 bits per heavy atom. The molecule has 3 aromatic heterocycles. The van der Waals surface area contributed by atoms with Gasteiger partial charge in [0.1, 0.15) is 0 Å². The predicted molar refractivity (Wildman–Crippen MR) is 188 cm³/mol. The summed E-state index contributed by atoms with van der Waals surface area (Å²) in [5.41, 5.74) is 12.9. The topological polar surface area (TPSA) is 43.6 Å². The molecule has 0 saturated heterocycles. The molecule has 0 unspecified atom stereocenters. The van der Waals surface area contributed by atoms with Crippen LogP contribution in [-0.4, -0.2) is 19.5 Å². The van der Waals surface area contributed by atoms with Gasteiger partial charge in [-0.25, -0.2) is 9.97 Å². The lowest BCUT2D eigenvalue weighted by Gasteiger charge is -2.24. The molecule has 9 rings (SSSR count). The molecule has 0 radical (unpaired) electrons. The van der Waals surface area contributed by atoms with Crippen LogP contribution in [0.25, 0.3) is 72.7 Å². The van der Waals surface area contributed by atoms with Crippen molar-refractivity contribution >= 4 is 21.8 Å². The maximum Gasteiger partial charge on any atom is 0.160 e. The second kappa shape index (κ2) is 10.1. The van der Waals surface area contributed by atoms with Crippen molar-refractivity contribution in [1.29, 1.82) is 0 Å². The zero-order valence-electron chi connectivity index (χ0n) is 25.6. The van der Waals surface area contributed by atoms with Crippen molar-refractivity contribution in [2.75, 3.05) is 0 Å². The van der Waals surface area contributed by atoms with E-state index in [1.54, 1.807) is 0 Å².